The monoisotopic (exact) mass is 376 g/mol. The van der Waals surface area contributed by atoms with E-state index in [1.807, 2.05) is 0 Å². The Morgan fingerprint density at radius 2 is 1.84 bits per heavy atom. The third kappa shape index (κ3) is 3.85. The van der Waals surface area contributed by atoms with Crippen molar-refractivity contribution in [1.82, 2.24) is 9.13 Å². The lowest BCUT2D eigenvalue weighted by Crippen LogP contribution is -2.43. The van der Waals surface area contributed by atoms with Crippen LogP contribution in [0.15, 0.2) is 9.59 Å². The fourth-order valence-electron chi connectivity index (χ4n) is 2.68. The summed E-state index contributed by atoms with van der Waals surface area (Å²) in [6.07, 6.45) is -4.71. The smallest absolute Gasteiger partial charge is 0.402 e. The maximum Gasteiger partial charge on any atom is 0.406 e. The Kier molecular flexibility index (Phi) is 5.27. The van der Waals surface area contributed by atoms with E-state index >= 15 is 0 Å². The van der Waals surface area contributed by atoms with Gasteiger partial charge in [0.15, 0.2) is 0 Å². The minimum absolute atomic E-state index is 0.00474. The number of hydrogen-bond acceptors (Lipinski definition) is 5. The zero-order chi connectivity index (χ0) is 19.2. The summed E-state index contributed by atoms with van der Waals surface area (Å²) >= 11 is 1.03. The van der Waals surface area contributed by atoms with Gasteiger partial charge in [-0.15, -0.1) is 11.3 Å². The second kappa shape index (κ2) is 6.65. The van der Waals surface area contributed by atoms with Crippen molar-refractivity contribution in [3.05, 3.63) is 31.3 Å². The van der Waals surface area contributed by atoms with Gasteiger partial charge in [-0.05, 0) is 12.5 Å². The van der Waals surface area contributed by atoms with Crippen molar-refractivity contribution in [2.24, 2.45) is 0 Å². The molecule has 2 aromatic rings. The van der Waals surface area contributed by atoms with Crippen molar-refractivity contribution >= 4 is 37.2 Å². The predicted octanol–water partition coefficient (Wildman–Crippen LogP) is -0.889. The number of nitrogens with zero attached hydrogens (tertiary/aromatic N) is 2. The number of aliphatic hydroxyl groups is 1. The number of methoxy groups -OCH3 is 1. The first-order valence-corrected chi connectivity index (χ1v) is 8.25. The van der Waals surface area contributed by atoms with Crippen molar-refractivity contribution in [2.45, 2.75) is 31.6 Å². The summed E-state index contributed by atoms with van der Waals surface area (Å²) in [7, 11) is 4.42. The highest BCUT2D eigenvalue weighted by molar-refractivity contribution is 7.19. The van der Waals surface area contributed by atoms with Gasteiger partial charge in [-0.3, -0.25) is 13.9 Å². The van der Waals surface area contributed by atoms with Crippen molar-refractivity contribution in [1.29, 1.82) is 0 Å². The average Bonchev–Trinajstić information content (AvgIpc) is 2.80. The lowest BCUT2D eigenvalue weighted by atomic mass is 9.64. The number of ether oxygens (including phenoxy) is 1. The quantitative estimate of drug-likeness (QED) is 0.688. The van der Waals surface area contributed by atoms with Crippen LogP contribution in [0.1, 0.15) is 10.4 Å². The summed E-state index contributed by atoms with van der Waals surface area (Å²) in [6.45, 7) is -0.0272. The second-order valence-electron chi connectivity index (χ2n) is 6.23. The molecule has 0 aromatic carbocycles. The Morgan fingerprint density at radius 3 is 2.32 bits per heavy atom. The van der Waals surface area contributed by atoms with E-state index < -0.39 is 29.4 Å². The van der Waals surface area contributed by atoms with Crippen molar-refractivity contribution < 1.29 is 23.0 Å². The minimum Gasteiger partial charge on any atom is -0.402 e. The van der Waals surface area contributed by atoms with Crippen molar-refractivity contribution in [3.63, 3.8) is 0 Å². The van der Waals surface area contributed by atoms with Gasteiger partial charge in [0.25, 0.3) is 5.56 Å². The maximum absolute atomic E-state index is 12.8. The van der Waals surface area contributed by atoms with Gasteiger partial charge in [-0.2, -0.15) is 13.2 Å². The average molecular weight is 376 g/mol. The molecule has 0 amide bonds. The number of thiophene rings is 1. The summed E-state index contributed by atoms with van der Waals surface area (Å²) in [5.41, 5.74) is -1.68. The van der Waals surface area contributed by atoms with E-state index in [2.05, 4.69) is 0 Å². The molecule has 136 valence electrons. The lowest BCUT2D eigenvalue weighted by Gasteiger charge is -2.16. The molecule has 2 rings (SSSR count). The van der Waals surface area contributed by atoms with Crippen molar-refractivity contribution in [2.75, 3.05) is 13.7 Å². The summed E-state index contributed by atoms with van der Waals surface area (Å²) in [6, 6.07) is 0. The molecule has 1 N–H and O–H groups in total. The largest absolute Gasteiger partial charge is 0.406 e. The third-order valence-corrected chi connectivity index (χ3v) is 5.33. The summed E-state index contributed by atoms with van der Waals surface area (Å²) < 4.78 is 44.6. The number of fused-ring (bicyclic) bond motifs is 1. The topological polar surface area (TPSA) is 73.5 Å². The molecule has 0 spiro atoms. The SMILES string of the molecule is BC(B)(O)c1sc2c(c1C)c(=O)n(CC(F)(F)F)c(=O)n2CCOC. The highest BCUT2D eigenvalue weighted by Crippen LogP contribution is 2.33. The number of rotatable bonds is 5. The minimum atomic E-state index is -4.71. The van der Waals surface area contributed by atoms with Gasteiger partial charge in [-0.1, -0.05) is 0 Å². The van der Waals surface area contributed by atoms with E-state index in [1.54, 1.807) is 6.92 Å². The molecule has 0 aliphatic carbocycles. The molecule has 0 aliphatic rings. The van der Waals surface area contributed by atoms with Gasteiger partial charge in [0.2, 0.25) is 0 Å². The fourth-order valence-corrected chi connectivity index (χ4v) is 4.00. The lowest BCUT2D eigenvalue weighted by molar-refractivity contribution is -0.141. The van der Waals surface area contributed by atoms with Crippen LogP contribution in [0.2, 0.25) is 0 Å². The Labute approximate surface area is 146 Å². The summed E-state index contributed by atoms with van der Waals surface area (Å²) in [5, 5.41) is 8.98. The first-order valence-electron chi connectivity index (χ1n) is 7.43. The highest BCUT2D eigenvalue weighted by Gasteiger charge is 2.32. The molecule has 0 fully saturated rings. The number of halogens is 3. The van der Waals surface area contributed by atoms with Gasteiger partial charge < -0.3 is 9.84 Å². The fraction of sp³-hybridized carbons (Fsp3) is 0.538. The summed E-state index contributed by atoms with van der Waals surface area (Å²) in [5.74, 6) is 0. The Balaban J connectivity index is 2.91. The van der Waals surface area contributed by atoms with Gasteiger partial charge in [0, 0.05) is 17.4 Å². The molecule has 0 radical (unpaired) electrons. The van der Waals surface area contributed by atoms with Crippen LogP contribution in [-0.4, -0.2) is 49.8 Å². The molecule has 25 heavy (non-hydrogen) atoms. The first kappa shape index (κ1) is 19.8. The molecule has 0 bridgehead atoms. The van der Waals surface area contributed by atoms with E-state index in [9.17, 15) is 27.9 Å². The van der Waals surface area contributed by atoms with Crippen LogP contribution in [0.4, 0.5) is 13.2 Å². The number of aromatic nitrogens is 2. The zero-order valence-corrected chi connectivity index (χ0v) is 15.0. The van der Waals surface area contributed by atoms with Crippen LogP contribution in [-0.2, 0) is 23.2 Å². The second-order valence-corrected chi connectivity index (χ2v) is 7.23. The molecule has 2 aromatic heterocycles. The molecule has 0 saturated heterocycles. The van der Waals surface area contributed by atoms with Crippen LogP contribution in [0.3, 0.4) is 0 Å². The Morgan fingerprint density at radius 1 is 1.24 bits per heavy atom. The van der Waals surface area contributed by atoms with Gasteiger partial charge in [0.05, 0.1) is 18.5 Å². The normalized spacial score (nSPS) is 12.9. The standard InChI is InChI=1S/C13H17B2F3N2O4S/c1-6-7-9(21)20(5-12(16,17)18)11(22)19(3-4-24-2)10(7)25-8(6)13(14,15)23/h23H,3-5,14-15H2,1-2H3. The zero-order valence-electron chi connectivity index (χ0n) is 14.2. The van der Waals surface area contributed by atoms with Crippen LogP contribution in [0, 0.1) is 6.92 Å². The molecule has 2 heterocycles. The Bertz CT molecular complexity index is 912. The number of aryl methyl sites for hydroxylation is 1. The molecule has 0 unspecified atom stereocenters. The van der Waals surface area contributed by atoms with Crippen LogP contribution in [0.5, 0.6) is 0 Å². The van der Waals surface area contributed by atoms with Gasteiger partial charge in [-0.25, -0.2) is 4.79 Å². The molecular formula is C13H17B2F3N2O4S. The van der Waals surface area contributed by atoms with E-state index in [0.717, 1.165) is 15.9 Å². The predicted molar refractivity (Wildman–Crippen MR) is 94.0 cm³/mol. The number of hydrogen-bond donors (Lipinski definition) is 1. The molecule has 12 heteroatoms. The van der Waals surface area contributed by atoms with Crippen molar-refractivity contribution in [3.8, 4) is 0 Å². The van der Waals surface area contributed by atoms with E-state index in [4.69, 9.17) is 4.74 Å². The highest BCUT2D eigenvalue weighted by atomic mass is 32.1. The van der Waals surface area contributed by atoms with Gasteiger partial charge >= 0.3 is 11.9 Å². The maximum atomic E-state index is 12.8. The Hall–Kier alpha value is -1.52. The van der Waals surface area contributed by atoms with Crippen LogP contribution < -0.4 is 11.2 Å². The third-order valence-electron chi connectivity index (χ3n) is 3.71. The molecule has 0 saturated carbocycles. The molecular weight excluding hydrogens is 359 g/mol. The molecule has 0 aliphatic heterocycles. The van der Waals surface area contributed by atoms with E-state index in [-0.39, 0.29) is 27.9 Å². The van der Waals surface area contributed by atoms with E-state index in [1.165, 1.54) is 22.8 Å². The molecule has 0 atom stereocenters. The number of alkyl halides is 3. The van der Waals surface area contributed by atoms with Crippen LogP contribution in [0.25, 0.3) is 10.2 Å². The van der Waals surface area contributed by atoms with Crippen LogP contribution >= 0.6 is 11.3 Å². The van der Waals surface area contributed by atoms with Gasteiger partial charge in [0.1, 0.15) is 27.1 Å². The first-order chi connectivity index (χ1) is 11.4. The van der Waals surface area contributed by atoms with E-state index in [0.29, 0.717) is 10.4 Å². The summed E-state index contributed by atoms with van der Waals surface area (Å²) in [4.78, 5) is 25.7. The molecule has 6 nitrogen and oxygen atoms in total.